The van der Waals surface area contributed by atoms with E-state index in [4.69, 9.17) is 0 Å². The van der Waals surface area contributed by atoms with E-state index in [9.17, 15) is 26.4 Å². The molecule has 2 aliphatic heterocycles. The molecule has 6 nitrogen and oxygen atoms in total. The molecule has 0 unspecified atom stereocenters. The van der Waals surface area contributed by atoms with E-state index in [1.54, 1.807) is 0 Å². The Morgan fingerprint density at radius 1 is 1.16 bits per heavy atom. The van der Waals surface area contributed by atoms with E-state index in [-0.39, 0.29) is 41.9 Å². The van der Waals surface area contributed by atoms with Gasteiger partial charge in [0.1, 0.15) is 0 Å². The van der Waals surface area contributed by atoms with Gasteiger partial charge in [-0.15, -0.1) is 0 Å². The number of hydrogen-bond acceptors (Lipinski definition) is 4. The number of halogens is 3. The number of amides is 1. The van der Waals surface area contributed by atoms with Gasteiger partial charge in [-0.05, 0) is 50.3 Å². The fraction of sp³-hybridized carbons (Fsp3) is 0.682. The molecular formula is C22H32F3N3O3S. The molecule has 3 atom stereocenters. The van der Waals surface area contributed by atoms with Gasteiger partial charge in [0.2, 0.25) is 15.9 Å². The standard InChI is InChI=1S/C22H32F3N3O3S/c1-5-15(3)19-20(29)28(16(4)6-2)21(26-19)10-12-27(13-11-21)32(30,31)18-9-7-8-17(14-18)22(23,24)25/h7-9,14-16,19,26H,5-6,10-13H2,1-4H3/t15-,16-,19+/m0/s1. The van der Waals surface area contributed by atoms with Gasteiger partial charge in [-0.1, -0.05) is 33.3 Å². The Labute approximate surface area is 188 Å². The topological polar surface area (TPSA) is 69.7 Å². The van der Waals surface area contributed by atoms with E-state index in [0.29, 0.717) is 18.9 Å². The molecule has 0 saturated carbocycles. The van der Waals surface area contributed by atoms with Crippen LogP contribution in [0.1, 0.15) is 58.9 Å². The average Bonchev–Trinajstić information content (AvgIpc) is 3.04. The first-order valence-corrected chi connectivity index (χ1v) is 12.6. The van der Waals surface area contributed by atoms with E-state index in [0.717, 1.165) is 25.0 Å². The van der Waals surface area contributed by atoms with E-state index in [1.807, 2.05) is 32.6 Å². The van der Waals surface area contributed by atoms with Crippen molar-refractivity contribution in [3.8, 4) is 0 Å². The van der Waals surface area contributed by atoms with Crippen molar-refractivity contribution in [1.82, 2.24) is 14.5 Å². The highest BCUT2D eigenvalue weighted by Gasteiger charge is 2.54. The lowest BCUT2D eigenvalue weighted by atomic mass is 9.95. The van der Waals surface area contributed by atoms with Gasteiger partial charge in [0, 0.05) is 19.1 Å². The third-order valence-electron chi connectivity index (χ3n) is 6.98. The number of nitrogens with one attached hydrogen (secondary N) is 1. The molecule has 2 heterocycles. The van der Waals surface area contributed by atoms with Crippen molar-refractivity contribution in [2.45, 2.75) is 82.2 Å². The number of hydrogen-bond donors (Lipinski definition) is 1. The van der Waals surface area contributed by atoms with Gasteiger partial charge >= 0.3 is 6.18 Å². The summed E-state index contributed by atoms with van der Waals surface area (Å²) in [5.74, 6) is 0.184. The van der Waals surface area contributed by atoms with Gasteiger partial charge in [0.25, 0.3) is 0 Å². The van der Waals surface area contributed by atoms with Crippen molar-refractivity contribution in [2.75, 3.05) is 13.1 Å². The third kappa shape index (κ3) is 4.41. The van der Waals surface area contributed by atoms with E-state index < -0.39 is 27.4 Å². The number of piperidine rings is 1. The molecule has 0 aromatic heterocycles. The zero-order valence-electron chi connectivity index (χ0n) is 18.9. The fourth-order valence-corrected chi connectivity index (χ4v) is 6.18. The second kappa shape index (κ2) is 8.95. The Morgan fingerprint density at radius 3 is 2.31 bits per heavy atom. The number of benzene rings is 1. The monoisotopic (exact) mass is 475 g/mol. The van der Waals surface area contributed by atoms with Crippen LogP contribution in [-0.4, -0.2) is 54.4 Å². The van der Waals surface area contributed by atoms with Crippen molar-refractivity contribution in [1.29, 1.82) is 0 Å². The maximum atomic E-state index is 13.2. The second-order valence-corrected chi connectivity index (χ2v) is 10.9. The van der Waals surface area contributed by atoms with Gasteiger partial charge < -0.3 is 4.90 Å². The van der Waals surface area contributed by atoms with Crippen molar-refractivity contribution in [3.05, 3.63) is 29.8 Å². The molecule has 2 fully saturated rings. The van der Waals surface area contributed by atoms with Crippen LogP contribution in [0.4, 0.5) is 13.2 Å². The predicted molar refractivity (Wildman–Crippen MR) is 115 cm³/mol. The van der Waals surface area contributed by atoms with Crippen LogP contribution in [0, 0.1) is 5.92 Å². The smallest absolute Gasteiger partial charge is 0.320 e. The zero-order chi connectivity index (χ0) is 23.9. The fourth-order valence-electron chi connectivity index (χ4n) is 4.69. The summed E-state index contributed by atoms with van der Waals surface area (Å²) in [5.41, 5.74) is -1.63. The van der Waals surface area contributed by atoms with Crippen LogP contribution in [0.25, 0.3) is 0 Å². The molecule has 2 saturated heterocycles. The van der Waals surface area contributed by atoms with Gasteiger partial charge in [-0.3, -0.25) is 10.1 Å². The molecule has 1 aromatic carbocycles. The summed E-state index contributed by atoms with van der Waals surface area (Å²) in [6.07, 6.45) is -2.24. The number of carbonyl (C=O) groups excluding carboxylic acids is 1. The highest BCUT2D eigenvalue weighted by molar-refractivity contribution is 7.89. The normalized spacial score (nSPS) is 24.2. The first kappa shape index (κ1) is 25.0. The SMILES string of the molecule is CC[C@H](C)[C@H]1NC2(CCN(S(=O)(=O)c3cccc(C(F)(F)F)c3)CC2)N([C@@H](C)CC)C1=O. The molecule has 3 rings (SSSR count). The Kier molecular flexibility index (Phi) is 6.98. The first-order valence-electron chi connectivity index (χ1n) is 11.2. The number of alkyl halides is 3. The number of carbonyl (C=O) groups is 1. The minimum atomic E-state index is -4.62. The molecule has 1 spiro atoms. The molecule has 180 valence electrons. The van der Waals surface area contributed by atoms with Crippen molar-refractivity contribution in [3.63, 3.8) is 0 Å². The molecule has 32 heavy (non-hydrogen) atoms. The summed E-state index contributed by atoms with van der Waals surface area (Å²) in [7, 11) is -4.08. The number of sulfonamides is 1. The zero-order valence-corrected chi connectivity index (χ0v) is 19.8. The summed E-state index contributed by atoms with van der Waals surface area (Å²) in [6, 6.07) is 3.52. The van der Waals surface area contributed by atoms with Crippen LogP contribution in [0.3, 0.4) is 0 Å². The highest BCUT2D eigenvalue weighted by Crippen LogP contribution is 2.38. The molecule has 1 amide bonds. The van der Waals surface area contributed by atoms with E-state index in [2.05, 4.69) is 5.32 Å². The molecule has 10 heteroatoms. The molecular weight excluding hydrogens is 443 g/mol. The van der Waals surface area contributed by atoms with Crippen LogP contribution in [0.2, 0.25) is 0 Å². The summed E-state index contributed by atoms with van der Waals surface area (Å²) in [4.78, 5) is 14.8. The highest BCUT2D eigenvalue weighted by atomic mass is 32.2. The molecule has 0 bridgehead atoms. The maximum absolute atomic E-state index is 13.2. The summed E-state index contributed by atoms with van der Waals surface area (Å²) in [6.45, 7) is 8.30. The molecule has 1 aromatic rings. The summed E-state index contributed by atoms with van der Waals surface area (Å²) in [5, 5.41) is 3.52. The lowest BCUT2D eigenvalue weighted by Crippen LogP contribution is -2.61. The molecule has 2 aliphatic rings. The largest absolute Gasteiger partial charge is 0.416 e. The predicted octanol–water partition coefficient (Wildman–Crippen LogP) is 3.83. The van der Waals surface area contributed by atoms with Crippen LogP contribution < -0.4 is 5.32 Å². The lowest BCUT2D eigenvalue weighted by Gasteiger charge is -2.46. The van der Waals surface area contributed by atoms with Gasteiger partial charge in [-0.2, -0.15) is 17.5 Å². The molecule has 1 N–H and O–H groups in total. The lowest BCUT2D eigenvalue weighted by molar-refractivity contribution is -0.138. The average molecular weight is 476 g/mol. The van der Waals surface area contributed by atoms with Crippen LogP contribution in [0.15, 0.2) is 29.2 Å². The van der Waals surface area contributed by atoms with Crippen molar-refractivity contribution < 1.29 is 26.4 Å². The number of nitrogens with zero attached hydrogens (tertiary/aromatic N) is 2. The Bertz CT molecular complexity index is 943. The van der Waals surface area contributed by atoms with Crippen molar-refractivity contribution >= 4 is 15.9 Å². The first-order chi connectivity index (χ1) is 14.9. The Balaban J connectivity index is 1.84. The second-order valence-electron chi connectivity index (χ2n) is 8.93. The van der Waals surface area contributed by atoms with Crippen molar-refractivity contribution in [2.24, 2.45) is 5.92 Å². The van der Waals surface area contributed by atoms with E-state index in [1.165, 1.54) is 10.4 Å². The van der Waals surface area contributed by atoms with Gasteiger partial charge in [-0.25, -0.2) is 8.42 Å². The molecule has 0 radical (unpaired) electrons. The van der Waals surface area contributed by atoms with E-state index >= 15 is 0 Å². The number of rotatable bonds is 6. The molecule has 0 aliphatic carbocycles. The third-order valence-corrected chi connectivity index (χ3v) is 8.88. The Hall–Kier alpha value is -1.65. The van der Waals surface area contributed by atoms with Crippen LogP contribution in [-0.2, 0) is 21.0 Å². The Morgan fingerprint density at radius 2 is 1.78 bits per heavy atom. The van der Waals surface area contributed by atoms with Gasteiger partial charge in [0.15, 0.2) is 0 Å². The van der Waals surface area contributed by atoms with Crippen LogP contribution in [0.5, 0.6) is 0 Å². The summed E-state index contributed by atoms with van der Waals surface area (Å²) < 4.78 is 66.6. The van der Waals surface area contributed by atoms with Crippen LogP contribution >= 0.6 is 0 Å². The van der Waals surface area contributed by atoms with Gasteiger partial charge in [0.05, 0.1) is 22.2 Å². The minimum Gasteiger partial charge on any atom is -0.320 e. The quantitative estimate of drug-likeness (QED) is 0.679. The summed E-state index contributed by atoms with van der Waals surface area (Å²) >= 11 is 0. The maximum Gasteiger partial charge on any atom is 0.416 e. The minimum absolute atomic E-state index is 0.00400.